The van der Waals surface area contributed by atoms with Gasteiger partial charge in [-0.15, -0.1) is 0 Å². The molecule has 94 valence electrons. The molecule has 0 spiro atoms. The van der Waals surface area contributed by atoms with E-state index in [1.807, 2.05) is 6.92 Å². The van der Waals surface area contributed by atoms with E-state index in [0.717, 1.165) is 19.5 Å². The molecule has 4 atom stereocenters. The van der Waals surface area contributed by atoms with Gasteiger partial charge in [0.25, 0.3) is 0 Å². The maximum Gasteiger partial charge on any atom is 0.307 e. The highest BCUT2D eigenvalue weighted by molar-refractivity contribution is 5.70. The lowest BCUT2D eigenvalue weighted by Gasteiger charge is -2.40. The Kier molecular flexibility index (Phi) is 4.74. The number of piperidine rings is 1. The number of likely N-dealkylation sites (tertiary alicyclic amines) is 1. The van der Waals surface area contributed by atoms with Crippen molar-refractivity contribution in [2.24, 2.45) is 11.8 Å². The van der Waals surface area contributed by atoms with Gasteiger partial charge >= 0.3 is 5.97 Å². The molecule has 0 saturated carbocycles. The van der Waals surface area contributed by atoms with Gasteiger partial charge in [0.1, 0.15) is 0 Å². The summed E-state index contributed by atoms with van der Waals surface area (Å²) in [7, 11) is 1.73. The molecule has 1 fully saturated rings. The first-order valence-electron chi connectivity index (χ1n) is 5.97. The van der Waals surface area contributed by atoms with Crippen molar-refractivity contribution in [3.8, 4) is 0 Å². The topological polar surface area (TPSA) is 49.8 Å². The van der Waals surface area contributed by atoms with Crippen molar-refractivity contribution >= 4 is 5.97 Å². The summed E-state index contributed by atoms with van der Waals surface area (Å²) in [6, 6.07) is 0.0719. The summed E-state index contributed by atoms with van der Waals surface area (Å²) in [5.41, 5.74) is 0. The molecule has 16 heavy (non-hydrogen) atoms. The van der Waals surface area contributed by atoms with Crippen molar-refractivity contribution in [3.05, 3.63) is 0 Å². The van der Waals surface area contributed by atoms with Crippen molar-refractivity contribution in [2.45, 2.75) is 39.3 Å². The van der Waals surface area contributed by atoms with Gasteiger partial charge in [-0.1, -0.05) is 13.8 Å². The predicted molar refractivity (Wildman–Crippen MR) is 62.4 cm³/mol. The molecule has 0 aromatic carbocycles. The average molecular weight is 229 g/mol. The van der Waals surface area contributed by atoms with Crippen LogP contribution in [0.5, 0.6) is 0 Å². The van der Waals surface area contributed by atoms with Crippen LogP contribution < -0.4 is 0 Å². The van der Waals surface area contributed by atoms with Gasteiger partial charge in [-0.25, -0.2) is 0 Å². The summed E-state index contributed by atoms with van der Waals surface area (Å²) in [6.45, 7) is 7.77. The molecule has 0 amide bonds. The van der Waals surface area contributed by atoms with Crippen LogP contribution in [0.2, 0.25) is 0 Å². The molecular weight excluding hydrogens is 206 g/mol. The SMILES string of the molecule is COC1CN(C(C)C(C)C(=O)O)CCC1C. The summed E-state index contributed by atoms with van der Waals surface area (Å²) in [5.74, 6) is -0.486. The molecule has 0 bridgehead atoms. The second-order valence-electron chi connectivity index (χ2n) is 4.90. The van der Waals surface area contributed by atoms with E-state index in [0.29, 0.717) is 5.92 Å². The van der Waals surface area contributed by atoms with Gasteiger partial charge in [0.05, 0.1) is 12.0 Å². The van der Waals surface area contributed by atoms with Gasteiger partial charge in [0.2, 0.25) is 0 Å². The van der Waals surface area contributed by atoms with Gasteiger partial charge in [-0.05, 0) is 25.8 Å². The molecule has 1 N–H and O–H groups in total. The maximum absolute atomic E-state index is 10.9. The lowest BCUT2D eigenvalue weighted by molar-refractivity contribution is -0.144. The van der Waals surface area contributed by atoms with Gasteiger partial charge < -0.3 is 9.84 Å². The van der Waals surface area contributed by atoms with E-state index in [4.69, 9.17) is 9.84 Å². The minimum Gasteiger partial charge on any atom is -0.481 e. The Morgan fingerprint density at radius 2 is 2.12 bits per heavy atom. The Morgan fingerprint density at radius 1 is 1.50 bits per heavy atom. The largest absolute Gasteiger partial charge is 0.481 e. The minimum absolute atomic E-state index is 0.0719. The molecule has 4 heteroatoms. The van der Waals surface area contributed by atoms with E-state index in [1.165, 1.54) is 0 Å². The van der Waals surface area contributed by atoms with E-state index in [1.54, 1.807) is 14.0 Å². The number of rotatable bonds is 4. The van der Waals surface area contributed by atoms with E-state index in [9.17, 15) is 4.79 Å². The van der Waals surface area contributed by atoms with Crippen LogP contribution >= 0.6 is 0 Å². The van der Waals surface area contributed by atoms with Crippen LogP contribution in [0.3, 0.4) is 0 Å². The van der Waals surface area contributed by atoms with Crippen LogP contribution in [0.1, 0.15) is 27.2 Å². The number of carboxylic acids is 1. The van der Waals surface area contributed by atoms with Gasteiger partial charge in [-0.3, -0.25) is 9.69 Å². The smallest absolute Gasteiger partial charge is 0.307 e. The zero-order valence-corrected chi connectivity index (χ0v) is 10.6. The molecule has 1 rings (SSSR count). The molecule has 1 aliphatic heterocycles. The Bertz CT molecular complexity index is 244. The first kappa shape index (κ1) is 13.5. The zero-order valence-electron chi connectivity index (χ0n) is 10.6. The van der Waals surface area contributed by atoms with Crippen molar-refractivity contribution in [3.63, 3.8) is 0 Å². The Labute approximate surface area is 97.6 Å². The second-order valence-corrected chi connectivity index (χ2v) is 4.90. The first-order valence-corrected chi connectivity index (χ1v) is 5.97. The third-order valence-corrected chi connectivity index (χ3v) is 3.91. The molecule has 1 aliphatic rings. The quantitative estimate of drug-likeness (QED) is 0.792. The fourth-order valence-electron chi connectivity index (χ4n) is 2.26. The number of hydrogen-bond acceptors (Lipinski definition) is 3. The third kappa shape index (κ3) is 2.95. The van der Waals surface area contributed by atoms with Crippen molar-refractivity contribution < 1.29 is 14.6 Å². The summed E-state index contributed by atoms with van der Waals surface area (Å²) in [6.07, 6.45) is 1.31. The van der Waals surface area contributed by atoms with E-state index < -0.39 is 5.97 Å². The second kappa shape index (κ2) is 5.64. The standard InChI is InChI=1S/C12H23NO3/c1-8-5-6-13(7-11(8)16-4)10(3)9(2)12(14)15/h8-11H,5-7H2,1-4H3,(H,14,15). The van der Waals surface area contributed by atoms with Gasteiger partial charge in [0.15, 0.2) is 0 Å². The van der Waals surface area contributed by atoms with Crippen LogP contribution in [0, 0.1) is 11.8 Å². The van der Waals surface area contributed by atoms with E-state index in [-0.39, 0.29) is 18.1 Å². The van der Waals surface area contributed by atoms with Crippen LogP contribution in [-0.4, -0.2) is 48.3 Å². The number of nitrogens with zero attached hydrogens (tertiary/aromatic N) is 1. The molecule has 4 nitrogen and oxygen atoms in total. The Morgan fingerprint density at radius 3 is 2.62 bits per heavy atom. The predicted octanol–water partition coefficient (Wildman–Crippen LogP) is 1.45. The number of ether oxygens (including phenoxy) is 1. The van der Waals surface area contributed by atoms with Crippen LogP contribution in [0.25, 0.3) is 0 Å². The molecule has 4 unspecified atom stereocenters. The lowest BCUT2D eigenvalue weighted by Crippen LogP contribution is -2.50. The highest BCUT2D eigenvalue weighted by Gasteiger charge is 2.32. The van der Waals surface area contributed by atoms with Crippen LogP contribution in [-0.2, 0) is 9.53 Å². The summed E-state index contributed by atoms with van der Waals surface area (Å²) in [5, 5.41) is 9.00. The third-order valence-electron chi connectivity index (χ3n) is 3.91. The molecule has 0 aromatic heterocycles. The lowest BCUT2D eigenvalue weighted by atomic mass is 9.92. The number of carbonyl (C=O) groups is 1. The van der Waals surface area contributed by atoms with Crippen LogP contribution in [0.4, 0.5) is 0 Å². The fourth-order valence-corrected chi connectivity index (χ4v) is 2.26. The van der Waals surface area contributed by atoms with Crippen molar-refractivity contribution in [1.82, 2.24) is 4.90 Å². The first-order chi connectivity index (χ1) is 7.47. The van der Waals surface area contributed by atoms with E-state index in [2.05, 4.69) is 11.8 Å². The molecule has 0 radical (unpaired) electrons. The van der Waals surface area contributed by atoms with Gasteiger partial charge in [-0.2, -0.15) is 0 Å². The Hall–Kier alpha value is -0.610. The fraction of sp³-hybridized carbons (Fsp3) is 0.917. The average Bonchev–Trinajstić information content (AvgIpc) is 2.27. The summed E-state index contributed by atoms with van der Waals surface area (Å²) < 4.78 is 5.43. The number of methoxy groups -OCH3 is 1. The number of aliphatic carboxylic acids is 1. The van der Waals surface area contributed by atoms with E-state index >= 15 is 0 Å². The molecule has 1 heterocycles. The molecule has 0 aromatic rings. The van der Waals surface area contributed by atoms with Gasteiger partial charge in [0, 0.05) is 19.7 Å². The highest BCUT2D eigenvalue weighted by Crippen LogP contribution is 2.23. The molecule has 0 aliphatic carbocycles. The molecular formula is C12H23NO3. The van der Waals surface area contributed by atoms with Crippen molar-refractivity contribution in [1.29, 1.82) is 0 Å². The van der Waals surface area contributed by atoms with Crippen LogP contribution in [0.15, 0.2) is 0 Å². The number of hydrogen-bond donors (Lipinski definition) is 1. The Balaban J connectivity index is 2.57. The highest BCUT2D eigenvalue weighted by atomic mass is 16.5. The monoisotopic (exact) mass is 229 g/mol. The zero-order chi connectivity index (χ0) is 12.3. The van der Waals surface area contributed by atoms with Crippen molar-refractivity contribution in [2.75, 3.05) is 20.2 Å². The minimum atomic E-state index is -0.722. The maximum atomic E-state index is 10.9. The summed E-state index contributed by atoms with van der Waals surface area (Å²) in [4.78, 5) is 13.2. The molecule has 1 saturated heterocycles. The summed E-state index contributed by atoms with van der Waals surface area (Å²) >= 11 is 0. The number of carboxylic acid groups (broad SMARTS) is 1. The normalized spacial score (nSPS) is 31.0.